The van der Waals surface area contributed by atoms with E-state index in [1.807, 2.05) is 50.5 Å². The fourth-order valence-corrected chi connectivity index (χ4v) is 5.37. The van der Waals surface area contributed by atoms with Gasteiger partial charge >= 0.3 is 0 Å². The third kappa shape index (κ3) is 7.23. The fraction of sp³-hybridized carbons (Fsp3) is 0.571. The number of hydrogen-bond donors (Lipinski definition) is 2. The Morgan fingerprint density at radius 2 is 1.83 bits per heavy atom. The molecule has 0 bridgehead atoms. The lowest BCUT2D eigenvalue weighted by atomic mass is 9.98. The van der Waals surface area contributed by atoms with Gasteiger partial charge in [0, 0.05) is 25.8 Å². The largest absolute Gasteiger partial charge is 0.391 e. The molecule has 1 saturated heterocycles. The minimum atomic E-state index is -0.741. The van der Waals surface area contributed by atoms with E-state index in [-0.39, 0.29) is 42.9 Å². The number of rotatable bonds is 11. The van der Waals surface area contributed by atoms with Crippen LogP contribution in [0.15, 0.2) is 29.8 Å². The molecule has 0 radical (unpaired) electrons. The Balaban J connectivity index is 1.62. The normalized spacial score (nSPS) is 18.6. The number of likely N-dealkylation sites (tertiary alicyclic amines) is 1. The average molecular weight is 514 g/mol. The molecule has 8 heteroatoms. The summed E-state index contributed by atoms with van der Waals surface area (Å²) in [5.74, 6) is -0.240. The Morgan fingerprint density at radius 1 is 1.14 bits per heavy atom. The number of aromatic nitrogens is 1. The van der Waals surface area contributed by atoms with E-state index in [0.29, 0.717) is 18.8 Å². The number of aliphatic hydroxyl groups is 1. The van der Waals surface area contributed by atoms with Gasteiger partial charge in [-0.05, 0) is 42.7 Å². The highest BCUT2D eigenvalue weighted by Crippen LogP contribution is 2.28. The van der Waals surface area contributed by atoms with Crippen LogP contribution in [0.4, 0.5) is 0 Å². The van der Waals surface area contributed by atoms with Crippen LogP contribution in [0.5, 0.6) is 0 Å². The molecule has 1 aromatic carbocycles. The first kappa shape index (κ1) is 28.0. The van der Waals surface area contributed by atoms with Crippen LogP contribution in [0, 0.1) is 18.8 Å². The van der Waals surface area contributed by atoms with E-state index in [0.717, 1.165) is 28.1 Å². The second-order valence-electron chi connectivity index (χ2n) is 10.5. The number of aliphatic hydroxyl groups excluding tert-OH is 1. The molecular formula is C28H39N3O4S. The summed E-state index contributed by atoms with van der Waals surface area (Å²) in [5.41, 5.74) is 4.99. The Kier molecular flexibility index (Phi) is 9.79. The Morgan fingerprint density at radius 3 is 2.42 bits per heavy atom. The maximum atomic E-state index is 13.4. The zero-order chi connectivity index (χ0) is 26.4. The summed E-state index contributed by atoms with van der Waals surface area (Å²) in [4.78, 5) is 45.9. The third-order valence-corrected chi connectivity index (χ3v) is 7.73. The lowest BCUT2D eigenvalue weighted by Gasteiger charge is -2.30. The highest BCUT2D eigenvalue weighted by atomic mass is 32.1. The van der Waals surface area contributed by atoms with Crippen LogP contribution in [-0.2, 0) is 20.8 Å². The summed E-state index contributed by atoms with van der Waals surface area (Å²) in [5, 5.41) is 13.2. The summed E-state index contributed by atoms with van der Waals surface area (Å²) in [6.07, 6.45) is 1.46. The molecule has 1 aliphatic heterocycles. The molecule has 3 atom stereocenters. The molecular weight excluding hydrogens is 474 g/mol. The number of Topliss-reactive ketones (excluding diaryl/α,β-unsaturated/α-hetero) is 1. The number of nitrogens with one attached hydrogen (secondary N) is 1. The van der Waals surface area contributed by atoms with Gasteiger partial charge in [0.25, 0.3) is 0 Å². The number of benzene rings is 1. The van der Waals surface area contributed by atoms with E-state index in [2.05, 4.69) is 24.1 Å². The van der Waals surface area contributed by atoms with E-state index in [4.69, 9.17) is 0 Å². The summed E-state index contributed by atoms with van der Waals surface area (Å²) in [6, 6.07) is 6.76. The van der Waals surface area contributed by atoms with Gasteiger partial charge in [-0.2, -0.15) is 0 Å². The Hall–Kier alpha value is -2.58. The SMILES string of the molecule is Cc1ncsc1-c1ccc(CCC(=O)[C@@H]2C[C@@H](O)CN2C(=O)[C@@H](NC(=O)CCC(C)C)C(C)C)cc1. The van der Waals surface area contributed by atoms with Crippen LogP contribution in [0.1, 0.15) is 64.6 Å². The average Bonchev–Trinajstić information content (AvgIpc) is 3.44. The predicted molar refractivity (Wildman–Crippen MR) is 143 cm³/mol. The molecule has 2 heterocycles. The molecule has 0 aliphatic carbocycles. The topological polar surface area (TPSA) is 99.6 Å². The Labute approximate surface area is 218 Å². The second-order valence-corrected chi connectivity index (χ2v) is 11.4. The van der Waals surface area contributed by atoms with Gasteiger partial charge < -0.3 is 15.3 Å². The number of nitrogens with zero attached hydrogens (tertiary/aromatic N) is 2. The van der Waals surface area contributed by atoms with Crippen LogP contribution in [-0.4, -0.2) is 57.3 Å². The first-order chi connectivity index (χ1) is 17.1. The monoisotopic (exact) mass is 513 g/mol. The maximum Gasteiger partial charge on any atom is 0.246 e. The number of amides is 2. The number of ketones is 1. The number of thiazole rings is 1. The van der Waals surface area contributed by atoms with Gasteiger partial charge in [0.2, 0.25) is 11.8 Å². The molecule has 1 aliphatic rings. The van der Waals surface area contributed by atoms with Crippen LogP contribution in [0.2, 0.25) is 0 Å². The van der Waals surface area contributed by atoms with Crippen LogP contribution >= 0.6 is 11.3 Å². The number of carbonyl (C=O) groups is 3. The molecule has 1 fully saturated rings. The van der Waals surface area contributed by atoms with Crippen molar-refractivity contribution in [2.75, 3.05) is 6.54 Å². The standard InChI is InChI=1S/C28H39N3O4S/c1-17(2)6-13-25(34)30-26(18(3)4)28(35)31-15-22(32)14-23(31)24(33)12-9-20-7-10-21(11-8-20)27-19(5)29-16-36-27/h7-8,10-11,16-18,22-23,26,32H,6,9,12-15H2,1-5H3,(H,30,34)/t22-,23+,26+/m1/s1. The van der Waals surface area contributed by atoms with Crippen LogP contribution < -0.4 is 5.32 Å². The number of β-amino-alcohol motifs (C(OH)–C–C–N with tert-alkyl or cyclic N) is 1. The van der Waals surface area contributed by atoms with Crippen molar-refractivity contribution in [2.24, 2.45) is 11.8 Å². The quantitative estimate of drug-likeness (QED) is 0.470. The molecule has 3 rings (SSSR count). The van der Waals surface area contributed by atoms with Gasteiger partial charge in [-0.25, -0.2) is 4.98 Å². The number of hydrogen-bond acceptors (Lipinski definition) is 6. The molecule has 7 nitrogen and oxygen atoms in total. The molecule has 0 spiro atoms. The van der Waals surface area contributed by atoms with Crippen molar-refractivity contribution < 1.29 is 19.5 Å². The molecule has 1 aromatic heterocycles. The Bertz CT molecular complexity index is 1050. The second kappa shape index (κ2) is 12.6. The summed E-state index contributed by atoms with van der Waals surface area (Å²) >= 11 is 1.61. The van der Waals surface area contributed by atoms with Crippen molar-refractivity contribution in [2.45, 2.75) is 84.9 Å². The van der Waals surface area contributed by atoms with Crippen molar-refractivity contribution in [3.05, 3.63) is 41.0 Å². The summed E-state index contributed by atoms with van der Waals surface area (Å²) in [6.45, 7) is 9.97. The van der Waals surface area contributed by atoms with E-state index in [9.17, 15) is 19.5 Å². The van der Waals surface area contributed by atoms with Crippen LogP contribution in [0.3, 0.4) is 0 Å². The highest BCUT2D eigenvalue weighted by Gasteiger charge is 2.41. The van der Waals surface area contributed by atoms with Crippen molar-refractivity contribution in [1.29, 1.82) is 0 Å². The van der Waals surface area contributed by atoms with Gasteiger partial charge in [-0.1, -0.05) is 52.0 Å². The van der Waals surface area contributed by atoms with Crippen molar-refractivity contribution >= 4 is 28.9 Å². The van der Waals surface area contributed by atoms with Crippen LogP contribution in [0.25, 0.3) is 10.4 Å². The molecule has 36 heavy (non-hydrogen) atoms. The van der Waals surface area contributed by atoms with Gasteiger partial charge in [-0.15, -0.1) is 11.3 Å². The summed E-state index contributed by atoms with van der Waals surface area (Å²) < 4.78 is 0. The van der Waals surface area contributed by atoms with E-state index < -0.39 is 18.2 Å². The molecule has 2 amide bonds. The van der Waals surface area contributed by atoms with Gasteiger partial charge in [-0.3, -0.25) is 14.4 Å². The zero-order valence-corrected chi connectivity index (χ0v) is 22.8. The maximum absolute atomic E-state index is 13.4. The molecule has 2 aromatic rings. The third-order valence-electron chi connectivity index (χ3n) is 6.75. The molecule has 196 valence electrons. The van der Waals surface area contributed by atoms with Gasteiger partial charge in [0.1, 0.15) is 6.04 Å². The zero-order valence-electron chi connectivity index (χ0n) is 22.0. The minimum absolute atomic E-state index is 0.0593. The minimum Gasteiger partial charge on any atom is -0.391 e. The first-order valence-corrected chi connectivity index (χ1v) is 13.7. The highest BCUT2D eigenvalue weighted by molar-refractivity contribution is 7.13. The smallest absolute Gasteiger partial charge is 0.246 e. The molecule has 0 saturated carbocycles. The first-order valence-electron chi connectivity index (χ1n) is 12.9. The van der Waals surface area contributed by atoms with E-state index >= 15 is 0 Å². The molecule has 0 unspecified atom stereocenters. The number of aryl methyl sites for hydroxylation is 2. The fourth-order valence-electron chi connectivity index (χ4n) is 4.56. The van der Waals surface area contributed by atoms with Gasteiger partial charge in [0.05, 0.1) is 28.2 Å². The lowest BCUT2D eigenvalue weighted by molar-refractivity contribution is -0.142. The van der Waals surface area contributed by atoms with Crippen molar-refractivity contribution in [1.82, 2.24) is 15.2 Å². The molecule has 2 N–H and O–H groups in total. The van der Waals surface area contributed by atoms with Gasteiger partial charge in [0.15, 0.2) is 5.78 Å². The van der Waals surface area contributed by atoms with E-state index in [1.54, 1.807) is 11.3 Å². The summed E-state index contributed by atoms with van der Waals surface area (Å²) in [7, 11) is 0. The van der Waals surface area contributed by atoms with Crippen molar-refractivity contribution in [3.8, 4) is 10.4 Å². The predicted octanol–water partition coefficient (Wildman–Crippen LogP) is 4.16. The lowest BCUT2D eigenvalue weighted by Crippen LogP contribution is -2.54. The number of carbonyl (C=O) groups excluding carboxylic acids is 3. The van der Waals surface area contributed by atoms with E-state index in [1.165, 1.54) is 4.90 Å². The van der Waals surface area contributed by atoms with Crippen molar-refractivity contribution in [3.63, 3.8) is 0 Å².